The number of nitrogens with zero attached hydrogens (tertiary/aromatic N) is 4. The lowest BCUT2D eigenvalue weighted by Gasteiger charge is -2.21. The first-order valence-electron chi connectivity index (χ1n) is 7.18. The number of rotatable bonds is 8. The maximum absolute atomic E-state index is 12.5. The fourth-order valence-electron chi connectivity index (χ4n) is 2.01. The van der Waals surface area contributed by atoms with Crippen molar-refractivity contribution < 1.29 is 14.6 Å². The second kappa shape index (κ2) is 8.26. The summed E-state index contributed by atoms with van der Waals surface area (Å²) >= 11 is 0. The van der Waals surface area contributed by atoms with Crippen LogP contribution in [0.15, 0.2) is 37.1 Å². The number of aliphatic hydroxyl groups is 1. The average Bonchev–Trinajstić information content (AvgIpc) is 3.09. The molecule has 0 bridgehead atoms. The first-order valence-corrected chi connectivity index (χ1v) is 7.18. The molecule has 2 heterocycles. The summed E-state index contributed by atoms with van der Waals surface area (Å²) in [5, 5.41) is 8.68. The van der Waals surface area contributed by atoms with Crippen LogP contribution >= 0.6 is 0 Å². The Bertz CT molecular complexity index is 586. The number of hydrogen-bond acceptors (Lipinski definition) is 5. The molecule has 0 fully saturated rings. The predicted octanol–water partition coefficient (Wildman–Crippen LogP) is 0.738. The van der Waals surface area contributed by atoms with Crippen LogP contribution in [-0.2, 0) is 4.74 Å². The Labute approximate surface area is 129 Å². The molecule has 0 atom stereocenters. The van der Waals surface area contributed by atoms with Gasteiger partial charge in [0.2, 0.25) is 0 Å². The van der Waals surface area contributed by atoms with Gasteiger partial charge in [-0.3, -0.25) is 9.36 Å². The zero-order valence-corrected chi connectivity index (χ0v) is 12.6. The normalized spacial score (nSPS) is 10.6. The highest BCUT2D eigenvalue weighted by atomic mass is 16.5. The number of carbonyl (C=O) groups excluding carboxylic acids is 1. The van der Waals surface area contributed by atoms with E-state index in [1.54, 1.807) is 46.5 Å². The topological polar surface area (TPSA) is 80.5 Å². The maximum Gasteiger partial charge on any atom is 0.254 e. The van der Waals surface area contributed by atoms with Crippen molar-refractivity contribution >= 4 is 5.91 Å². The quantitative estimate of drug-likeness (QED) is 0.728. The molecule has 2 aromatic heterocycles. The number of aliphatic hydroxyl groups excluding tert-OH is 1. The highest BCUT2D eigenvalue weighted by molar-refractivity contribution is 5.94. The van der Waals surface area contributed by atoms with Gasteiger partial charge in [-0.15, -0.1) is 0 Å². The highest BCUT2D eigenvalue weighted by Crippen LogP contribution is 2.09. The molecule has 118 valence electrons. The number of pyridine rings is 1. The maximum atomic E-state index is 12.5. The van der Waals surface area contributed by atoms with Gasteiger partial charge in [0.1, 0.15) is 12.1 Å². The summed E-state index contributed by atoms with van der Waals surface area (Å²) in [5.41, 5.74) is 0.572. The minimum atomic E-state index is -0.0705. The molecule has 0 aliphatic carbocycles. The molecule has 22 heavy (non-hydrogen) atoms. The standard InChI is InChI=1S/C15H20N4O3/c1-2-18(7-9-22-10-8-20)15(21)13-3-4-17-14(11-13)19-6-5-16-12-19/h3-6,11-12,20H,2,7-10H2,1H3. The number of aromatic nitrogens is 3. The molecule has 0 saturated carbocycles. The van der Waals surface area contributed by atoms with E-state index in [-0.39, 0.29) is 19.1 Å². The Hall–Kier alpha value is -2.25. The lowest BCUT2D eigenvalue weighted by Crippen LogP contribution is -2.34. The third-order valence-electron chi connectivity index (χ3n) is 3.17. The Kier molecular flexibility index (Phi) is 6.05. The van der Waals surface area contributed by atoms with Gasteiger partial charge in [-0.05, 0) is 19.1 Å². The summed E-state index contributed by atoms with van der Waals surface area (Å²) in [7, 11) is 0. The van der Waals surface area contributed by atoms with Gasteiger partial charge in [-0.1, -0.05) is 0 Å². The van der Waals surface area contributed by atoms with E-state index in [0.717, 1.165) is 0 Å². The lowest BCUT2D eigenvalue weighted by molar-refractivity contribution is 0.0579. The molecule has 0 spiro atoms. The second-order valence-corrected chi connectivity index (χ2v) is 4.59. The van der Waals surface area contributed by atoms with Crippen molar-refractivity contribution in [2.24, 2.45) is 0 Å². The van der Waals surface area contributed by atoms with Gasteiger partial charge in [0.15, 0.2) is 0 Å². The fraction of sp³-hybridized carbons (Fsp3) is 0.400. The van der Waals surface area contributed by atoms with E-state index < -0.39 is 0 Å². The third kappa shape index (κ3) is 4.12. The third-order valence-corrected chi connectivity index (χ3v) is 3.17. The van der Waals surface area contributed by atoms with E-state index in [0.29, 0.717) is 31.1 Å². The van der Waals surface area contributed by atoms with Gasteiger partial charge in [0, 0.05) is 37.2 Å². The van der Waals surface area contributed by atoms with Gasteiger partial charge < -0.3 is 14.7 Å². The van der Waals surface area contributed by atoms with Crippen LogP contribution < -0.4 is 0 Å². The number of imidazole rings is 1. The van der Waals surface area contributed by atoms with Crippen LogP contribution in [0.2, 0.25) is 0 Å². The van der Waals surface area contributed by atoms with E-state index >= 15 is 0 Å². The second-order valence-electron chi connectivity index (χ2n) is 4.59. The van der Waals surface area contributed by atoms with Crippen molar-refractivity contribution in [1.82, 2.24) is 19.4 Å². The molecular formula is C15H20N4O3. The Balaban J connectivity index is 2.05. The Morgan fingerprint density at radius 2 is 2.27 bits per heavy atom. The lowest BCUT2D eigenvalue weighted by atomic mass is 10.2. The fourth-order valence-corrected chi connectivity index (χ4v) is 2.01. The molecule has 7 heteroatoms. The van der Waals surface area contributed by atoms with Crippen LogP contribution in [0.1, 0.15) is 17.3 Å². The summed E-state index contributed by atoms with van der Waals surface area (Å²) in [6.07, 6.45) is 6.68. The Morgan fingerprint density at radius 3 is 2.95 bits per heavy atom. The smallest absolute Gasteiger partial charge is 0.254 e. The summed E-state index contributed by atoms with van der Waals surface area (Å²) in [6.45, 7) is 3.66. The number of hydrogen-bond donors (Lipinski definition) is 1. The molecule has 0 unspecified atom stereocenters. The monoisotopic (exact) mass is 304 g/mol. The highest BCUT2D eigenvalue weighted by Gasteiger charge is 2.15. The summed E-state index contributed by atoms with van der Waals surface area (Å²) in [5.74, 6) is 0.579. The minimum Gasteiger partial charge on any atom is -0.394 e. The molecule has 0 aliphatic heterocycles. The summed E-state index contributed by atoms with van der Waals surface area (Å²) < 4.78 is 6.96. The van der Waals surface area contributed by atoms with E-state index in [2.05, 4.69) is 9.97 Å². The molecule has 0 aromatic carbocycles. The molecule has 2 rings (SSSR count). The molecule has 7 nitrogen and oxygen atoms in total. The first-order chi connectivity index (χ1) is 10.8. The van der Waals surface area contributed by atoms with Gasteiger partial charge in [0.25, 0.3) is 5.91 Å². The van der Waals surface area contributed by atoms with Gasteiger partial charge >= 0.3 is 0 Å². The van der Waals surface area contributed by atoms with Crippen molar-refractivity contribution in [3.63, 3.8) is 0 Å². The van der Waals surface area contributed by atoms with Crippen LogP contribution in [0.3, 0.4) is 0 Å². The summed E-state index contributed by atoms with van der Waals surface area (Å²) in [6, 6.07) is 3.43. The molecule has 2 aromatic rings. The van der Waals surface area contributed by atoms with Gasteiger partial charge in [0.05, 0.1) is 19.8 Å². The molecular weight excluding hydrogens is 284 g/mol. The van der Waals surface area contributed by atoms with Crippen LogP contribution in [0.5, 0.6) is 0 Å². The van der Waals surface area contributed by atoms with Crippen molar-refractivity contribution in [3.8, 4) is 5.82 Å². The van der Waals surface area contributed by atoms with Crippen LogP contribution in [0.4, 0.5) is 0 Å². The van der Waals surface area contributed by atoms with Gasteiger partial charge in [-0.2, -0.15) is 0 Å². The number of likely N-dealkylation sites (N-methyl/N-ethyl adjacent to an activating group) is 1. The van der Waals surface area contributed by atoms with E-state index in [1.807, 2.05) is 6.92 Å². The number of carbonyl (C=O) groups is 1. The molecule has 1 amide bonds. The van der Waals surface area contributed by atoms with Crippen molar-refractivity contribution in [3.05, 3.63) is 42.6 Å². The zero-order valence-electron chi connectivity index (χ0n) is 12.6. The van der Waals surface area contributed by atoms with E-state index in [4.69, 9.17) is 9.84 Å². The van der Waals surface area contributed by atoms with Crippen molar-refractivity contribution in [2.45, 2.75) is 6.92 Å². The Morgan fingerprint density at radius 1 is 1.41 bits per heavy atom. The largest absolute Gasteiger partial charge is 0.394 e. The van der Waals surface area contributed by atoms with Gasteiger partial charge in [-0.25, -0.2) is 9.97 Å². The SMILES string of the molecule is CCN(CCOCCO)C(=O)c1ccnc(-n2ccnc2)c1. The van der Waals surface area contributed by atoms with Crippen molar-refractivity contribution in [2.75, 3.05) is 32.9 Å². The minimum absolute atomic E-state index is 0.0152. The van der Waals surface area contributed by atoms with Crippen LogP contribution in [0.25, 0.3) is 5.82 Å². The first kappa shape index (κ1) is 16.1. The van der Waals surface area contributed by atoms with Crippen LogP contribution in [-0.4, -0.2) is 63.4 Å². The van der Waals surface area contributed by atoms with Crippen molar-refractivity contribution in [1.29, 1.82) is 0 Å². The number of amides is 1. The van der Waals surface area contributed by atoms with E-state index in [9.17, 15) is 4.79 Å². The molecule has 0 aliphatic rings. The predicted molar refractivity (Wildman–Crippen MR) is 80.8 cm³/mol. The molecule has 0 radical (unpaired) electrons. The zero-order chi connectivity index (χ0) is 15.8. The summed E-state index contributed by atoms with van der Waals surface area (Å²) in [4.78, 5) is 22.4. The molecule has 0 saturated heterocycles. The average molecular weight is 304 g/mol. The number of ether oxygens (including phenoxy) is 1. The molecule has 1 N–H and O–H groups in total. The van der Waals surface area contributed by atoms with E-state index in [1.165, 1.54) is 0 Å². The van der Waals surface area contributed by atoms with Crippen LogP contribution in [0, 0.1) is 0 Å².